The number of allylic oxidation sites excluding steroid dienone is 1. The van der Waals surface area contributed by atoms with Crippen molar-refractivity contribution < 1.29 is 0 Å². The van der Waals surface area contributed by atoms with Crippen molar-refractivity contribution in [3.63, 3.8) is 0 Å². The second kappa shape index (κ2) is 6.97. The number of halogens is 1. The molecule has 0 amide bonds. The number of nitrogens with zero attached hydrogens (tertiary/aromatic N) is 3. The monoisotopic (exact) mass is 392 g/mol. The summed E-state index contributed by atoms with van der Waals surface area (Å²) in [5.41, 5.74) is 2.97. The molecule has 0 bridgehead atoms. The van der Waals surface area contributed by atoms with Crippen LogP contribution in [0.4, 0.5) is 0 Å². The molecule has 2 aliphatic heterocycles. The molecule has 3 atom stereocenters. The summed E-state index contributed by atoms with van der Waals surface area (Å²) in [5, 5.41) is 3.82. The fraction of sp³-hybridized carbons (Fsp3) is 0.579. The van der Waals surface area contributed by atoms with Crippen molar-refractivity contribution in [3.8, 4) is 0 Å². The summed E-state index contributed by atoms with van der Waals surface area (Å²) in [6, 6.07) is 0.269. The molecule has 3 aliphatic rings. The van der Waals surface area contributed by atoms with Crippen LogP contribution in [0.25, 0.3) is 5.57 Å². The molecule has 5 nitrogen and oxygen atoms in total. The van der Waals surface area contributed by atoms with Crippen LogP contribution in [-0.4, -0.2) is 33.9 Å². The Kier molecular flexibility index (Phi) is 4.82. The summed E-state index contributed by atoms with van der Waals surface area (Å²) in [4.78, 5) is 20.8. The zero-order valence-electron chi connectivity index (χ0n) is 15.5. The lowest BCUT2D eigenvalue weighted by molar-refractivity contribution is 0.414. The van der Waals surface area contributed by atoms with E-state index in [0.29, 0.717) is 5.16 Å². The Bertz CT molecular complexity index is 844. The van der Waals surface area contributed by atoms with Crippen LogP contribution in [0.5, 0.6) is 0 Å². The first-order chi connectivity index (χ1) is 12.5. The molecule has 1 saturated carbocycles. The van der Waals surface area contributed by atoms with E-state index in [2.05, 4.69) is 12.2 Å². The number of hydrogen-bond donors (Lipinski definition) is 1. The van der Waals surface area contributed by atoms with Crippen molar-refractivity contribution in [3.05, 3.63) is 39.3 Å². The first-order valence-corrected chi connectivity index (χ1v) is 10.5. The summed E-state index contributed by atoms with van der Waals surface area (Å²) in [6.07, 6.45) is 9.42. The lowest BCUT2D eigenvalue weighted by atomic mass is 10.0. The topological polar surface area (TPSA) is 50.2 Å². The SMILES string of the molecule is CC1CCCC(n2cnc3c(c2=O)SC2NC(Cl)=CC(N(C)C)=C32)CC1. The molecular weight excluding hydrogens is 368 g/mol. The summed E-state index contributed by atoms with van der Waals surface area (Å²) in [6.45, 7) is 2.31. The van der Waals surface area contributed by atoms with Crippen LogP contribution in [0.3, 0.4) is 0 Å². The van der Waals surface area contributed by atoms with Crippen LogP contribution in [0.1, 0.15) is 50.8 Å². The van der Waals surface area contributed by atoms with Crippen LogP contribution in [0.2, 0.25) is 0 Å². The Morgan fingerprint density at radius 1 is 1.31 bits per heavy atom. The first kappa shape index (κ1) is 18.0. The molecule has 1 N–H and O–H groups in total. The molecule has 0 saturated heterocycles. The van der Waals surface area contributed by atoms with Gasteiger partial charge in [-0.05, 0) is 31.3 Å². The van der Waals surface area contributed by atoms with Gasteiger partial charge in [0.25, 0.3) is 5.56 Å². The van der Waals surface area contributed by atoms with E-state index in [1.807, 2.05) is 29.6 Å². The minimum absolute atomic E-state index is 0.0508. The number of aromatic nitrogens is 2. The Labute approximate surface area is 163 Å². The highest BCUT2D eigenvalue weighted by Crippen LogP contribution is 2.45. The van der Waals surface area contributed by atoms with Crippen molar-refractivity contribution in [1.82, 2.24) is 19.8 Å². The average Bonchev–Trinajstić information content (AvgIpc) is 2.83. The summed E-state index contributed by atoms with van der Waals surface area (Å²) >= 11 is 7.80. The van der Waals surface area contributed by atoms with Gasteiger partial charge in [0.15, 0.2) is 0 Å². The van der Waals surface area contributed by atoms with Gasteiger partial charge in [0.05, 0.1) is 12.0 Å². The van der Waals surface area contributed by atoms with E-state index in [4.69, 9.17) is 16.6 Å². The lowest BCUT2D eigenvalue weighted by Crippen LogP contribution is -2.29. The van der Waals surface area contributed by atoms with E-state index < -0.39 is 0 Å². The Morgan fingerprint density at radius 3 is 2.88 bits per heavy atom. The Morgan fingerprint density at radius 2 is 2.12 bits per heavy atom. The van der Waals surface area contributed by atoms with Gasteiger partial charge in [0, 0.05) is 31.4 Å². The zero-order chi connectivity index (χ0) is 18.4. The molecule has 1 aromatic rings. The van der Waals surface area contributed by atoms with E-state index in [9.17, 15) is 4.79 Å². The Balaban J connectivity index is 1.75. The van der Waals surface area contributed by atoms with Crippen LogP contribution < -0.4 is 10.9 Å². The van der Waals surface area contributed by atoms with Gasteiger partial charge in [-0.15, -0.1) is 0 Å². The predicted octanol–water partition coefficient (Wildman–Crippen LogP) is 3.77. The molecule has 0 radical (unpaired) electrons. The quantitative estimate of drug-likeness (QED) is 0.613. The van der Waals surface area contributed by atoms with Crippen molar-refractivity contribution in [1.29, 1.82) is 0 Å². The molecule has 0 aromatic carbocycles. The van der Waals surface area contributed by atoms with Gasteiger partial charge in [-0.25, -0.2) is 4.98 Å². The number of likely N-dealkylation sites (N-methyl/N-ethyl adjacent to an activating group) is 1. The summed E-state index contributed by atoms with van der Waals surface area (Å²) < 4.78 is 1.88. The normalized spacial score (nSPS) is 28.0. The standard InChI is InChI=1S/C19H25ClN4OS/c1-11-5-4-6-12(8-7-11)24-10-21-16-15-13(23(2)3)9-14(20)22-18(15)26-17(16)19(24)25/h9-12,18,22H,4-8H2,1-3H3. The highest BCUT2D eigenvalue weighted by atomic mass is 35.5. The molecular formula is C19H25ClN4OS. The van der Waals surface area contributed by atoms with Crippen LogP contribution in [0, 0.1) is 5.92 Å². The second-order valence-electron chi connectivity index (χ2n) is 7.73. The zero-order valence-corrected chi connectivity index (χ0v) is 17.0. The maximum absolute atomic E-state index is 13.2. The van der Waals surface area contributed by atoms with E-state index in [1.165, 1.54) is 31.0 Å². The third kappa shape index (κ3) is 3.07. The van der Waals surface area contributed by atoms with Crippen molar-refractivity contribution >= 4 is 28.9 Å². The lowest BCUT2D eigenvalue weighted by Gasteiger charge is -2.26. The van der Waals surface area contributed by atoms with Crippen LogP contribution in [-0.2, 0) is 0 Å². The maximum atomic E-state index is 13.2. The second-order valence-corrected chi connectivity index (χ2v) is 9.25. The minimum atomic E-state index is -0.0508. The molecule has 1 aromatic heterocycles. The van der Waals surface area contributed by atoms with Gasteiger partial charge in [0.2, 0.25) is 0 Å². The third-order valence-corrected chi connectivity index (χ3v) is 7.03. The molecule has 140 valence electrons. The summed E-state index contributed by atoms with van der Waals surface area (Å²) in [7, 11) is 3.98. The van der Waals surface area contributed by atoms with E-state index in [0.717, 1.165) is 40.6 Å². The number of hydrogen-bond acceptors (Lipinski definition) is 5. The van der Waals surface area contributed by atoms with Gasteiger partial charge in [-0.2, -0.15) is 0 Å². The smallest absolute Gasteiger partial charge is 0.267 e. The molecule has 3 unspecified atom stereocenters. The maximum Gasteiger partial charge on any atom is 0.267 e. The number of thioether (sulfide) groups is 1. The molecule has 4 rings (SSSR count). The van der Waals surface area contributed by atoms with Gasteiger partial charge in [-0.1, -0.05) is 43.1 Å². The Hall–Kier alpha value is -1.40. The fourth-order valence-corrected chi connectivity index (χ4v) is 5.68. The number of dihydropyridines is 1. The average molecular weight is 393 g/mol. The minimum Gasteiger partial charge on any atom is -0.377 e. The number of rotatable bonds is 2. The number of nitrogens with one attached hydrogen (secondary N) is 1. The fourth-order valence-electron chi connectivity index (χ4n) is 4.15. The number of fused-ring (bicyclic) bond motifs is 3. The molecule has 1 aliphatic carbocycles. The van der Waals surface area contributed by atoms with Gasteiger partial charge in [-0.3, -0.25) is 9.36 Å². The molecule has 1 fully saturated rings. The molecule has 0 spiro atoms. The first-order valence-electron chi connectivity index (χ1n) is 9.29. The van der Waals surface area contributed by atoms with Gasteiger partial charge >= 0.3 is 0 Å². The molecule has 3 heterocycles. The van der Waals surface area contributed by atoms with Crippen molar-refractivity contribution in [2.75, 3.05) is 14.1 Å². The van der Waals surface area contributed by atoms with E-state index in [1.54, 1.807) is 6.33 Å². The van der Waals surface area contributed by atoms with Crippen molar-refractivity contribution in [2.24, 2.45) is 5.92 Å². The third-order valence-electron chi connectivity index (χ3n) is 5.62. The van der Waals surface area contributed by atoms with E-state index in [-0.39, 0.29) is 17.0 Å². The predicted molar refractivity (Wildman–Crippen MR) is 107 cm³/mol. The molecule has 7 heteroatoms. The largest absolute Gasteiger partial charge is 0.377 e. The summed E-state index contributed by atoms with van der Waals surface area (Å²) in [5.74, 6) is 0.751. The van der Waals surface area contributed by atoms with Gasteiger partial charge < -0.3 is 10.2 Å². The highest BCUT2D eigenvalue weighted by Gasteiger charge is 2.37. The van der Waals surface area contributed by atoms with Gasteiger partial charge in [0.1, 0.15) is 15.4 Å². The van der Waals surface area contributed by atoms with Crippen molar-refractivity contribution in [2.45, 2.75) is 55.3 Å². The van der Waals surface area contributed by atoms with E-state index >= 15 is 0 Å². The highest BCUT2D eigenvalue weighted by molar-refractivity contribution is 8.00. The molecule has 26 heavy (non-hydrogen) atoms. The van der Waals surface area contributed by atoms with Crippen LogP contribution in [0.15, 0.2) is 32.9 Å². The van der Waals surface area contributed by atoms with Crippen LogP contribution >= 0.6 is 23.4 Å².